The number of nitrogens with zero attached hydrogens (tertiary/aromatic N) is 1. The fourth-order valence-electron chi connectivity index (χ4n) is 3.68. The molecule has 1 fully saturated rings. The van der Waals surface area contributed by atoms with E-state index in [1.165, 1.54) is 28.3 Å². The molecule has 2 N–H and O–H groups in total. The molecule has 1 aliphatic heterocycles. The van der Waals surface area contributed by atoms with Crippen LogP contribution < -0.4 is 10.6 Å². The van der Waals surface area contributed by atoms with Crippen molar-refractivity contribution >= 4 is 18.4 Å². The van der Waals surface area contributed by atoms with E-state index in [1.54, 1.807) is 6.07 Å². The first-order valence-electron chi connectivity index (χ1n) is 9.64. The minimum atomic E-state index is -0.856. The fraction of sp³-hybridized carbons (Fsp3) is 0.208. The van der Waals surface area contributed by atoms with E-state index in [2.05, 4.69) is 78.0 Å². The van der Waals surface area contributed by atoms with Crippen molar-refractivity contribution in [2.75, 3.05) is 0 Å². The highest BCUT2D eigenvalue weighted by molar-refractivity contribution is 5.85. The molecule has 3 aromatic rings. The molecule has 1 heterocycles. The van der Waals surface area contributed by atoms with Crippen LogP contribution in [0.1, 0.15) is 39.9 Å². The van der Waals surface area contributed by atoms with Crippen LogP contribution in [0.2, 0.25) is 0 Å². The summed E-state index contributed by atoms with van der Waals surface area (Å²) in [6.07, 6.45) is 0. The standard InChI is InChI=1S/C24H23F2N3.ClH/c1-15-5-3-7-18(11-15)22-23(19-8-4-6-16(2)12-19)29-24(28-22)27-14-17-9-10-20(25)21(26)13-17;/h3-13,22-23H,14H2,1-2H3,(H2,27,28,29);1H. The van der Waals surface area contributed by atoms with E-state index in [9.17, 15) is 8.78 Å². The molecular weight excluding hydrogens is 404 g/mol. The molecule has 0 radical (unpaired) electrons. The molecule has 0 amide bonds. The zero-order valence-corrected chi connectivity index (χ0v) is 17.6. The minimum absolute atomic E-state index is 0. The van der Waals surface area contributed by atoms with E-state index >= 15 is 0 Å². The topological polar surface area (TPSA) is 36.4 Å². The third kappa shape index (κ3) is 4.79. The molecule has 0 aromatic heterocycles. The third-order valence-electron chi connectivity index (χ3n) is 5.12. The number of rotatable bonds is 4. The Hall–Kier alpha value is -2.92. The Morgan fingerprint density at radius 2 is 1.33 bits per heavy atom. The van der Waals surface area contributed by atoms with Gasteiger partial charge in [0, 0.05) is 0 Å². The van der Waals surface area contributed by atoms with E-state index in [-0.39, 0.29) is 31.0 Å². The Morgan fingerprint density at radius 3 is 1.83 bits per heavy atom. The van der Waals surface area contributed by atoms with Crippen molar-refractivity contribution in [3.05, 3.63) is 106 Å². The number of hydrogen-bond acceptors (Lipinski definition) is 1. The van der Waals surface area contributed by atoms with E-state index in [4.69, 9.17) is 0 Å². The van der Waals surface area contributed by atoms with E-state index < -0.39 is 11.6 Å². The Labute approximate surface area is 181 Å². The Morgan fingerprint density at radius 1 is 0.767 bits per heavy atom. The average Bonchev–Trinajstić information content (AvgIpc) is 3.13. The Kier molecular flexibility index (Phi) is 6.73. The predicted molar refractivity (Wildman–Crippen MR) is 119 cm³/mol. The number of aliphatic imine (C=N–C) groups is 1. The van der Waals surface area contributed by atoms with Crippen LogP contribution in [0, 0.1) is 25.5 Å². The third-order valence-corrected chi connectivity index (χ3v) is 5.12. The molecule has 6 heteroatoms. The lowest BCUT2D eigenvalue weighted by molar-refractivity contribution is 0.507. The molecule has 1 aliphatic rings. The minimum Gasteiger partial charge on any atom is -0.347 e. The zero-order valence-electron chi connectivity index (χ0n) is 16.8. The normalized spacial score (nSPS) is 17.7. The van der Waals surface area contributed by atoms with Crippen molar-refractivity contribution < 1.29 is 8.78 Å². The predicted octanol–water partition coefficient (Wildman–Crippen LogP) is 5.53. The second kappa shape index (κ2) is 9.26. The quantitative estimate of drug-likeness (QED) is 0.574. The number of halogens is 3. The lowest BCUT2D eigenvalue weighted by Gasteiger charge is -2.20. The van der Waals surface area contributed by atoms with E-state index in [0.717, 1.165) is 6.07 Å². The molecule has 2 atom stereocenters. The van der Waals surface area contributed by atoms with Gasteiger partial charge in [0.05, 0.1) is 18.6 Å². The number of aryl methyl sites for hydroxylation is 2. The van der Waals surface area contributed by atoms with Crippen molar-refractivity contribution in [2.45, 2.75) is 32.5 Å². The summed E-state index contributed by atoms with van der Waals surface area (Å²) in [5, 5.41) is 6.94. The molecule has 0 bridgehead atoms. The summed E-state index contributed by atoms with van der Waals surface area (Å²) in [5.74, 6) is -1.06. The number of nitrogens with one attached hydrogen (secondary N) is 2. The van der Waals surface area contributed by atoms with Gasteiger partial charge in [-0.05, 0) is 42.7 Å². The van der Waals surface area contributed by atoms with Crippen molar-refractivity contribution in [1.29, 1.82) is 0 Å². The summed E-state index contributed by atoms with van der Waals surface area (Å²) in [5.41, 5.74) is 5.34. The van der Waals surface area contributed by atoms with Gasteiger partial charge in [0.2, 0.25) is 0 Å². The molecule has 0 saturated carbocycles. The van der Waals surface area contributed by atoms with Gasteiger partial charge in [-0.2, -0.15) is 0 Å². The maximum Gasteiger partial charge on any atom is 0.192 e. The lowest BCUT2D eigenvalue weighted by atomic mass is 9.93. The maximum atomic E-state index is 13.5. The van der Waals surface area contributed by atoms with Gasteiger partial charge in [-0.3, -0.25) is 0 Å². The molecule has 0 spiro atoms. The van der Waals surface area contributed by atoms with Gasteiger partial charge in [-0.1, -0.05) is 65.7 Å². The number of guanidine groups is 1. The van der Waals surface area contributed by atoms with Gasteiger partial charge in [0.25, 0.3) is 0 Å². The first-order valence-corrected chi connectivity index (χ1v) is 9.64. The van der Waals surface area contributed by atoms with Crippen LogP contribution in [0.4, 0.5) is 8.78 Å². The summed E-state index contributed by atoms with van der Waals surface area (Å²) >= 11 is 0. The van der Waals surface area contributed by atoms with Crippen molar-refractivity contribution in [1.82, 2.24) is 10.6 Å². The SMILES string of the molecule is Cc1cccc(C2NC(=NCc3ccc(F)c(F)c3)NC2c2cccc(C)c2)c1.Cl. The van der Waals surface area contributed by atoms with Crippen LogP contribution in [0.5, 0.6) is 0 Å². The van der Waals surface area contributed by atoms with E-state index in [0.29, 0.717) is 11.5 Å². The van der Waals surface area contributed by atoms with Crippen LogP contribution >= 0.6 is 12.4 Å². The highest BCUT2D eigenvalue weighted by Gasteiger charge is 2.32. The van der Waals surface area contributed by atoms with Crippen LogP contribution in [0.3, 0.4) is 0 Å². The Bertz CT molecular complexity index is 1010. The van der Waals surface area contributed by atoms with Crippen LogP contribution in [0.15, 0.2) is 71.7 Å². The fourth-order valence-corrected chi connectivity index (χ4v) is 3.68. The molecule has 156 valence electrons. The molecule has 30 heavy (non-hydrogen) atoms. The van der Waals surface area contributed by atoms with Gasteiger partial charge in [0.1, 0.15) is 0 Å². The maximum absolute atomic E-state index is 13.5. The smallest absolute Gasteiger partial charge is 0.192 e. The van der Waals surface area contributed by atoms with Gasteiger partial charge in [-0.25, -0.2) is 13.8 Å². The van der Waals surface area contributed by atoms with E-state index in [1.807, 2.05) is 0 Å². The van der Waals surface area contributed by atoms with Crippen molar-refractivity contribution in [3.63, 3.8) is 0 Å². The zero-order chi connectivity index (χ0) is 20.4. The summed E-state index contributed by atoms with van der Waals surface area (Å²) in [4.78, 5) is 4.57. The van der Waals surface area contributed by atoms with Gasteiger partial charge >= 0.3 is 0 Å². The van der Waals surface area contributed by atoms with Gasteiger partial charge in [-0.15, -0.1) is 12.4 Å². The molecule has 3 aromatic carbocycles. The second-order valence-corrected chi connectivity index (χ2v) is 7.49. The summed E-state index contributed by atoms with van der Waals surface area (Å²) in [7, 11) is 0. The van der Waals surface area contributed by atoms with Crippen LogP contribution in [-0.2, 0) is 6.54 Å². The monoisotopic (exact) mass is 427 g/mol. The largest absolute Gasteiger partial charge is 0.347 e. The summed E-state index contributed by atoms with van der Waals surface area (Å²) in [6.45, 7) is 4.41. The lowest BCUT2D eigenvalue weighted by Crippen LogP contribution is -2.25. The van der Waals surface area contributed by atoms with Crippen molar-refractivity contribution in [2.24, 2.45) is 4.99 Å². The van der Waals surface area contributed by atoms with Crippen LogP contribution in [-0.4, -0.2) is 5.96 Å². The molecule has 1 saturated heterocycles. The molecule has 2 unspecified atom stereocenters. The highest BCUT2D eigenvalue weighted by Crippen LogP contribution is 2.33. The first kappa shape index (κ1) is 21.8. The average molecular weight is 428 g/mol. The molecule has 4 rings (SSSR count). The highest BCUT2D eigenvalue weighted by atomic mass is 35.5. The van der Waals surface area contributed by atoms with Gasteiger partial charge in [0.15, 0.2) is 17.6 Å². The van der Waals surface area contributed by atoms with Crippen LogP contribution in [0.25, 0.3) is 0 Å². The molecule has 3 nitrogen and oxygen atoms in total. The second-order valence-electron chi connectivity index (χ2n) is 7.49. The summed E-state index contributed by atoms with van der Waals surface area (Å²) in [6, 6.07) is 20.7. The molecular formula is C24H24ClF2N3. The van der Waals surface area contributed by atoms with Gasteiger partial charge < -0.3 is 10.6 Å². The molecule has 0 aliphatic carbocycles. The Balaban J connectivity index is 0.00000256. The summed E-state index contributed by atoms with van der Waals surface area (Å²) < 4.78 is 26.6. The van der Waals surface area contributed by atoms with Crippen molar-refractivity contribution in [3.8, 4) is 0 Å². The number of hydrogen-bond donors (Lipinski definition) is 2. The number of benzene rings is 3. The first-order chi connectivity index (χ1) is 14.0.